The molecule has 6 nitrogen and oxygen atoms in total. The van der Waals surface area contributed by atoms with Crippen molar-refractivity contribution in [3.8, 4) is 0 Å². The van der Waals surface area contributed by atoms with E-state index in [1.807, 2.05) is 0 Å². The standard InChI is InChI=1S/C22H27Cl2N3O3S/c1-12(25-21(30)22-8-13-4-14(9-22)6-15(5-13)10-22)20(29)27-26-19(28)11-31-18-7-16(23)2-3-17(18)24/h2-3,7,12-15H,4-6,8-11H2,1H3,(H,25,30)(H,26,28)(H,27,29). The largest absolute Gasteiger partial charge is 0.344 e. The molecule has 168 valence electrons. The van der Waals surface area contributed by atoms with Crippen LogP contribution in [0.15, 0.2) is 23.1 Å². The van der Waals surface area contributed by atoms with Gasteiger partial charge in [0.15, 0.2) is 0 Å². The monoisotopic (exact) mass is 483 g/mol. The highest BCUT2D eigenvalue weighted by Gasteiger charge is 2.54. The van der Waals surface area contributed by atoms with Crippen molar-refractivity contribution in [3.63, 3.8) is 0 Å². The van der Waals surface area contributed by atoms with Crippen LogP contribution in [0.2, 0.25) is 10.0 Å². The van der Waals surface area contributed by atoms with E-state index < -0.39 is 11.9 Å². The lowest BCUT2D eigenvalue weighted by Crippen LogP contribution is -2.58. The summed E-state index contributed by atoms with van der Waals surface area (Å²) in [5.41, 5.74) is 4.48. The van der Waals surface area contributed by atoms with E-state index >= 15 is 0 Å². The summed E-state index contributed by atoms with van der Waals surface area (Å²) < 4.78 is 0. The molecule has 4 aliphatic carbocycles. The zero-order valence-electron chi connectivity index (χ0n) is 17.4. The van der Waals surface area contributed by atoms with Crippen LogP contribution in [0.5, 0.6) is 0 Å². The molecule has 0 saturated heterocycles. The third kappa shape index (κ3) is 5.15. The van der Waals surface area contributed by atoms with E-state index in [2.05, 4.69) is 16.2 Å². The van der Waals surface area contributed by atoms with Gasteiger partial charge in [0.05, 0.1) is 10.8 Å². The number of hydrogen-bond acceptors (Lipinski definition) is 4. The van der Waals surface area contributed by atoms with Crippen molar-refractivity contribution in [2.75, 3.05) is 5.75 Å². The number of carbonyl (C=O) groups excluding carboxylic acids is 3. The molecular formula is C22H27Cl2N3O3S. The van der Waals surface area contributed by atoms with Gasteiger partial charge in [0.2, 0.25) is 11.8 Å². The molecule has 0 aliphatic heterocycles. The lowest BCUT2D eigenvalue weighted by molar-refractivity contribution is -0.148. The average molecular weight is 484 g/mol. The van der Waals surface area contributed by atoms with Crippen LogP contribution in [0.3, 0.4) is 0 Å². The third-order valence-corrected chi connectivity index (χ3v) is 8.57. The number of benzene rings is 1. The number of carbonyl (C=O) groups is 3. The summed E-state index contributed by atoms with van der Waals surface area (Å²) in [6.45, 7) is 1.64. The Kier molecular flexibility index (Phi) is 6.75. The summed E-state index contributed by atoms with van der Waals surface area (Å²) in [6, 6.07) is 4.30. The summed E-state index contributed by atoms with van der Waals surface area (Å²) in [5.74, 6) is 1.20. The minimum atomic E-state index is -0.726. The lowest BCUT2D eigenvalue weighted by atomic mass is 9.49. The average Bonchev–Trinajstić information content (AvgIpc) is 2.71. The molecule has 1 aromatic rings. The van der Waals surface area contributed by atoms with E-state index in [1.165, 1.54) is 31.0 Å². The van der Waals surface area contributed by atoms with Gasteiger partial charge in [0.25, 0.3) is 5.91 Å². The second-order valence-corrected chi connectivity index (χ2v) is 11.2. The fourth-order valence-corrected chi connectivity index (χ4v) is 7.10. The van der Waals surface area contributed by atoms with E-state index in [0.717, 1.165) is 19.3 Å². The summed E-state index contributed by atoms with van der Waals surface area (Å²) in [4.78, 5) is 38.2. The third-order valence-electron chi connectivity index (χ3n) is 6.84. The van der Waals surface area contributed by atoms with E-state index in [-0.39, 0.29) is 23.0 Å². The Morgan fingerprint density at radius 3 is 2.29 bits per heavy atom. The predicted octanol–water partition coefficient (Wildman–Crippen LogP) is 3.95. The summed E-state index contributed by atoms with van der Waals surface area (Å²) in [6.07, 6.45) is 6.60. The highest BCUT2D eigenvalue weighted by molar-refractivity contribution is 8.00. The molecule has 1 aromatic carbocycles. The number of nitrogens with one attached hydrogen (secondary N) is 3. The van der Waals surface area contributed by atoms with Crippen LogP contribution < -0.4 is 16.2 Å². The molecule has 3 amide bonds. The van der Waals surface area contributed by atoms with Crippen LogP contribution in [0.25, 0.3) is 0 Å². The van der Waals surface area contributed by atoms with Gasteiger partial charge in [-0.15, -0.1) is 11.8 Å². The summed E-state index contributed by atoms with van der Waals surface area (Å²) in [7, 11) is 0. The van der Waals surface area contributed by atoms with Gasteiger partial charge >= 0.3 is 0 Å². The maximum absolute atomic E-state index is 13.1. The zero-order valence-corrected chi connectivity index (χ0v) is 19.7. The Balaban J connectivity index is 1.23. The first kappa shape index (κ1) is 22.7. The van der Waals surface area contributed by atoms with Crippen molar-refractivity contribution in [1.82, 2.24) is 16.2 Å². The normalized spacial score (nSPS) is 29.3. The highest BCUT2D eigenvalue weighted by Crippen LogP contribution is 2.60. The fourth-order valence-electron chi connectivity index (χ4n) is 5.81. The van der Waals surface area contributed by atoms with Crippen molar-refractivity contribution in [1.29, 1.82) is 0 Å². The number of amides is 3. The van der Waals surface area contributed by atoms with Crippen LogP contribution >= 0.6 is 35.0 Å². The van der Waals surface area contributed by atoms with Crippen molar-refractivity contribution in [3.05, 3.63) is 28.2 Å². The first-order valence-corrected chi connectivity index (χ1v) is 12.5. The van der Waals surface area contributed by atoms with E-state index in [0.29, 0.717) is 32.7 Å². The first-order valence-electron chi connectivity index (χ1n) is 10.7. The molecule has 9 heteroatoms. The number of hydrogen-bond donors (Lipinski definition) is 3. The Morgan fingerprint density at radius 2 is 1.68 bits per heavy atom. The predicted molar refractivity (Wildman–Crippen MR) is 122 cm³/mol. The molecule has 0 aromatic heterocycles. The maximum Gasteiger partial charge on any atom is 0.260 e. The maximum atomic E-state index is 13.1. The minimum Gasteiger partial charge on any atom is -0.344 e. The molecule has 5 rings (SSSR count). The second kappa shape index (κ2) is 9.20. The fraction of sp³-hybridized carbons (Fsp3) is 0.591. The number of thioether (sulfide) groups is 1. The zero-order chi connectivity index (χ0) is 22.2. The van der Waals surface area contributed by atoms with Gasteiger partial charge in [-0.05, 0) is 81.4 Å². The Bertz CT molecular complexity index is 859. The van der Waals surface area contributed by atoms with Gasteiger partial charge in [-0.1, -0.05) is 23.2 Å². The van der Waals surface area contributed by atoms with Crippen LogP contribution in [0.1, 0.15) is 45.4 Å². The van der Waals surface area contributed by atoms with Gasteiger partial charge in [-0.25, -0.2) is 0 Å². The molecule has 4 saturated carbocycles. The topological polar surface area (TPSA) is 87.3 Å². The smallest absolute Gasteiger partial charge is 0.260 e. The van der Waals surface area contributed by atoms with Gasteiger partial charge in [0.1, 0.15) is 6.04 Å². The molecule has 0 spiro atoms. The van der Waals surface area contributed by atoms with Gasteiger partial charge in [0, 0.05) is 15.3 Å². The van der Waals surface area contributed by atoms with Crippen LogP contribution in [0, 0.1) is 23.2 Å². The molecule has 31 heavy (non-hydrogen) atoms. The van der Waals surface area contributed by atoms with Gasteiger partial charge in [-0.2, -0.15) is 0 Å². The summed E-state index contributed by atoms with van der Waals surface area (Å²) >= 11 is 13.3. The molecule has 3 N–H and O–H groups in total. The first-order chi connectivity index (χ1) is 14.7. The molecule has 4 bridgehead atoms. The molecule has 4 aliphatic rings. The second-order valence-electron chi connectivity index (χ2n) is 9.29. The number of hydrazine groups is 1. The van der Waals surface area contributed by atoms with Gasteiger partial charge < -0.3 is 5.32 Å². The molecule has 4 fully saturated rings. The van der Waals surface area contributed by atoms with E-state index in [1.54, 1.807) is 25.1 Å². The Hall–Kier alpha value is -1.44. The van der Waals surface area contributed by atoms with Crippen molar-refractivity contribution in [2.45, 2.75) is 56.4 Å². The number of halogens is 2. The van der Waals surface area contributed by atoms with E-state index in [4.69, 9.17) is 23.2 Å². The van der Waals surface area contributed by atoms with Crippen molar-refractivity contribution < 1.29 is 14.4 Å². The van der Waals surface area contributed by atoms with Crippen LogP contribution in [0.4, 0.5) is 0 Å². The highest BCUT2D eigenvalue weighted by atomic mass is 35.5. The molecule has 0 radical (unpaired) electrons. The van der Waals surface area contributed by atoms with Crippen LogP contribution in [-0.4, -0.2) is 29.5 Å². The van der Waals surface area contributed by atoms with E-state index in [9.17, 15) is 14.4 Å². The molecule has 1 atom stereocenters. The number of rotatable bonds is 6. The summed E-state index contributed by atoms with van der Waals surface area (Å²) in [5, 5.41) is 3.93. The SMILES string of the molecule is CC(NC(=O)C12CC3CC(CC(C3)C1)C2)C(=O)NNC(=O)CSc1cc(Cl)ccc1Cl. The Morgan fingerprint density at radius 1 is 1.06 bits per heavy atom. The van der Waals surface area contributed by atoms with Crippen LogP contribution in [-0.2, 0) is 14.4 Å². The van der Waals surface area contributed by atoms with Crippen molar-refractivity contribution >= 4 is 52.7 Å². The van der Waals surface area contributed by atoms with Gasteiger partial charge in [-0.3, -0.25) is 25.2 Å². The lowest BCUT2D eigenvalue weighted by Gasteiger charge is -2.55. The quantitative estimate of drug-likeness (QED) is 0.422. The molecule has 0 heterocycles. The van der Waals surface area contributed by atoms with Crippen molar-refractivity contribution in [2.24, 2.45) is 23.2 Å². The minimum absolute atomic E-state index is 0.00766. The molecular weight excluding hydrogens is 457 g/mol. The Labute approximate surface area is 196 Å². The molecule has 1 unspecified atom stereocenters.